The van der Waals surface area contributed by atoms with E-state index < -0.39 is 0 Å². The van der Waals surface area contributed by atoms with Crippen molar-refractivity contribution in [1.29, 1.82) is 0 Å². The first-order chi connectivity index (χ1) is 12.5. The molecular weight excluding hydrogens is 334 g/mol. The third-order valence-corrected chi connectivity index (χ3v) is 5.20. The normalized spacial score (nSPS) is 20.4. The van der Waals surface area contributed by atoms with Gasteiger partial charge in [0.25, 0.3) is 11.5 Å². The van der Waals surface area contributed by atoms with Gasteiger partial charge in [-0.25, -0.2) is 0 Å². The number of hydrogen-bond acceptors (Lipinski definition) is 5. The number of β-amino-alcohol motifs (C(OH)–C–C–N with tert-alkyl or cyclic N) is 1. The number of fused-ring (bicyclic) bond motifs is 1. The molecule has 8 heteroatoms. The van der Waals surface area contributed by atoms with E-state index in [1.807, 2.05) is 12.3 Å². The van der Waals surface area contributed by atoms with Gasteiger partial charge in [0.05, 0.1) is 12.6 Å². The second-order valence-corrected chi connectivity index (χ2v) is 7.14. The number of H-pyrrole nitrogens is 1. The molecule has 138 valence electrons. The molecule has 1 unspecified atom stereocenters. The monoisotopic (exact) mass is 357 g/mol. The first-order valence-electron chi connectivity index (χ1n) is 8.93. The van der Waals surface area contributed by atoms with Crippen LogP contribution < -0.4 is 5.56 Å². The summed E-state index contributed by atoms with van der Waals surface area (Å²) in [5, 5.41) is 14.1. The summed E-state index contributed by atoms with van der Waals surface area (Å²) in [6.45, 7) is 2.92. The highest BCUT2D eigenvalue weighted by molar-refractivity contribution is 5.93. The molecule has 26 heavy (non-hydrogen) atoms. The van der Waals surface area contributed by atoms with E-state index in [1.54, 1.807) is 22.8 Å². The molecule has 1 saturated heterocycles. The van der Waals surface area contributed by atoms with E-state index in [1.165, 1.54) is 0 Å². The van der Waals surface area contributed by atoms with Gasteiger partial charge >= 0.3 is 0 Å². The highest BCUT2D eigenvalue weighted by atomic mass is 16.3. The zero-order valence-corrected chi connectivity index (χ0v) is 14.8. The number of aromatic nitrogens is 3. The van der Waals surface area contributed by atoms with Gasteiger partial charge in [0.2, 0.25) is 0 Å². The Labute approximate surface area is 151 Å². The highest BCUT2D eigenvalue weighted by Crippen LogP contribution is 2.20. The Morgan fingerprint density at radius 3 is 3.04 bits per heavy atom. The summed E-state index contributed by atoms with van der Waals surface area (Å²) in [6.07, 6.45) is 4.65. The summed E-state index contributed by atoms with van der Waals surface area (Å²) in [6, 6.07) is 1.91. The Kier molecular flexibility index (Phi) is 4.37. The molecule has 0 spiro atoms. The molecule has 2 aliphatic rings. The van der Waals surface area contributed by atoms with Crippen molar-refractivity contribution in [2.24, 2.45) is 7.05 Å². The van der Waals surface area contributed by atoms with Gasteiger partial charge in [-0.15, -0.1) is 0 Å². The van der Waals surface area contributed by atoms with Gasteiger partial charge in [0.1, 0.15) is 0 Å². The Morgan fingerprint density at radius 2 is 2.27 bits per heavy atom. The Balaban J connectivity index is 1.55. The van der Waals surface area contributed by atoms with E-state index in [-0.39, 0.29) is 17.6 Å². The van der Waals surface area contributed by atoms with Crippen LogP contribution in [-0.4, -0.2) is 61.3 Å². The van der Waals surface area contributed by atoms with Crippen LogP contribution in [0.5, 0.6) is 0 Å². The fourth-order valence-electron chi connectivity index (χ4n) is 3.84. The number of likely N-dealkylation sites (tertiary alicyclic amines) is 1. The van der Waals surface area contributed by atoms with Crippen molar-refractivity contribution in [3.8, 4) is 0 Å². The number of aliphatic hydroxyl groups excluding tert-OH is 1. The fraction of sp³-hybridized carbons (Fsp3) is 0.500. The number of aryl methyl sites for hydroxylation is 1. The summed E-state index contributed by atoms with van der Waals surface area (Å²) in [4.78, 5) is 31.6. The molecule has 2 aromatic heterocycles. The topological polar surface area (TPSA) is 94.5 Å². The zero-order valence-electron chi connectivity index (χ0n) is 14.8. The highest BCUT2D eigenvalue weighted by Gasteiger charge is 2.28. The molecule has 8 nitrogen and oxygen atoms in total. The van der Waals surface area contributed by atoms with Gasteiger partial charge in [-0.05, 0) is 24.5 Å². The van der Waals surface area contributed by atoms with Crippen LogP contribution in [0, 0.1) is 0 Å². The van der Waals surface area contributed by atoms with E-state index in [4.69, 9.17) is 0 Å². The van der Waals surface area contributed by atoms with Gasteiger partial charge in [0.15, 0.2) is 5.69 Å². The van der Waals surface area contributed by atoms with Crippen LogP contribution in [0.15, 0.2) is 23.3 Å². The van der Waals surface area contributed by atoms with Crippen LogP contribution in [-0.2, 0) is 26.6 Å². The van der Waals surface area contributed by atoms with Crippen LogP contribution in [0.3, 0.4) is 0 Å². The number of nitrogens with zero attached hydrogens (tertiary/aromatic N) is 4. The standard InChI is InChI=1S/C18H23N5O3/c1-21-8-13(9-22-6-4-14(24)10-22)16(20-21)18(26)23-7-3-12-2-5-19-17(25)15(12)11-23/h2,5,8,14,24H,3-4,6-7,9-11H2,1H3,(H,19,25). The minimum absolute atomic E-state index is 0.132. The van der Waals surface area contributed by atoms with Gasteiger partial charge < -0.3 is 15.0 Å². The molecule has 0 bridgehead atoms. The number of hydrogen-bond donors (Lipinski definition) is 2. The molecule has 4 heterocycles. The van der Waals surface area contributed by atoms with Crippen molar-refractivity contribution in [3.05, 3.63) is 51.2 Å². The molecule has 1 atom stereocenters. The Morgan fingerprint density at radius 1 is 1.42 bits per heavy atom. The molecule has 0 aromatic carbocycles. The van der Waals surface area contributed by atoms with E-state index in [9.17, 15) is 14.7 Å². The second kappa shape index (κ2) is 6.69. The van der Waals surface area contributed by atoms with Crippen LogP contribution in [0.25, 0.3) is 0 Å². The third-order valence-electron chi connectivity index (χ3n) is 5.20. The molecule has 0 saturated carbocycles. The SMILES string of the molecule is Cn1cc(CN2CCC(O)C2)c(C(=O)N2CCc3cc[nH]c(=O)c3C2)n1. The number of carbonyl (C=O) groups excluding carboxylic acids is 1. The lowest BCUT2D eigenvalue weighted by Gasteiger charge is -2.28. The molecular formula is C18H23N5O3. The largest absolute Gasteiger partial charge is 0.392 e. The predicted octanol–water partition coefficient (Wildman–Crippen LogP) is -0.126. The number of nitrogens with one attached hydrogen (secondary N) is 1. The third kappa shape index (κ3) is 3.17. The van der Waals surface area contributed by atoms with Crippen molar-refractivity contribution in [2.75, 3.05) is 19.6 Å². The number of aromatic amines is 1. The lowest BCUT2D eigenvalue weighted by molar-refractivity contribution is 0.0725. The molecule has 2 N–H and O–H groups in total. The summed E-state index contributed by atoms with van der Waals surface area (Å²) in [7, 11) is 1.80. The van der Waals surface area contributed by atoms with Gasteiger partial charge in [-0.3, -0.25) is 19.2 Å². The summed E-state index contributed by atoms with van der Waals surface area (Å²) in [5.74, 6) is -0.144. The average molecular weight is 357 g/mol. The number of carbonyl (C=O) groups is 1. The lowest BCUT2D eigenvalue weighted by atomic mass is 10.0. The quantitative estimate of drug-likeness (QED) is 0.798. The Bertz CT molecular complexity index is 887. The van der Waals surface area contributed by atoms with E-state index in [2.05, 4.69) is 15.0 Å². The van der Waals surface area contributed by atoms with Crippen LogP contribution in [0.1, 0.15) is 33.6 Å². The Hall–Kier alpha value is -2.45. The summed E-state index contributed by atoms with van der Waals surface area (Å²) >= 11 is 0. The maximum atomic E-state index is 13.1. The van der Waals surface area contributed by atoms with Gasteiger partial charge in [-0.1, -0.05) is 0 Å². The van der Waals surface area contributed by atoms with Crippen molar-refractivity contribution >= 4 is 5.91 Å². The van der Waals surface area contributed by atoms with E-state index >= 15 is 0 Å². The van der Waals surface area contributed by atoms with Crippen molar-refractivity contribution in [3.63, 3.8) is 0 Å². The molecule has 2 aromatic rings. The lowest BCUT2D eigenvalue weighted by Crippen LogP contribution is -2.39. The van der Waals surface area contributed by atoms with Crippen LogP contribution in [0.4, 0.5) is 0 Å². The fourth-order valence-corrected chi connectivity index (χ4v) is 3.84. The maximum Gasteiger partial charge on any atom is 0.275 e. The maximum absolute atomic E-state index is 13.1. The molecule has 4 rings (SSSR count). The average Bonchev–Trinajstić information content (AvgIpc) is 3.20. The van der Waals surface area contributed by atoms with Gasteiger partial charge in [-0.2, -0.15) is 5.10 Å². The van der Waals surface area contributed by atoms with E-state index in [0.29, 0.717) is 43.9 Å². The van der Waals surface area contributed by atoms with Crippen LogP contribution >= 0.6 is 0 Å². The van der Waals surface area contributed by atoms with Gasteiger partial charge in [0, 0.05) is 56.7 Å². The molecule has 1 fully saturated rings. The van der Waals surface area contributed by atoms with Crippen molar-refractivity contribution < 1.29 is 9.90 Å². The predicted molar refractivity (Wildman–Crippen MR) is 94.6 cm³/mol. The summed E-state index contributed by atoms with van der Waals surface area (Å²) in [5.41, 5.74) is 2.83. The zero-order chi connectivity index (χ0) is 18.3. The molecule has 0 radical (unpaired) electrons. The minimum atomic E-state index is -0.295. The van der Waals surface area contributed by atoms with E-state index in [0.717, 1.165) is 24.1 Å². The number of aliphatic hydroxyl groups is 1. The summed E-state index contributed by atoms with van der Waals surface area (Å²) < 4.78 is 1.65. The minimum Gasteiger partial charge on any atom is -0.392 e. The number of amides is 1. The first kappa shape index (κ1) is 17.0. The first-order valence-corrected chi connectivity index (χ1v) is 8.93. The molecule has 0 aliphatic carbocycles. The van der Waals surface area contributed by atoms with Crippen molar-refractivity contribution in [1.82, 2.24) is 24.6 Å². The molecule has 2 aliphatic heterocycles. The second-order valence-electron chi connectivity index (χ2n) is 7.14. The molecule has 1 amide bonds. The van der Waals surface area contributed by atoms with Crippen LogP contribution in [0.2, 0.25) is 0 Å². The number of rotatable bonds is 3. The van der Waals surface area contributed by atoms with Crippen molar-refractivity contribution in [2.45, 2.75) is 32.0 Å². The smallest absolute Gasteiger partial charge is 0.275 e. The number of pyridine rings is 1.